The number of aromatic nitrogens is 2. The minimum atomic E-state index is -0.0967. The van der Waals surface area contributed by atoms with E-state index < -0.39 is 0 Å². The van der Waals surface area contributed by atoms with E-state index in [4.69, 9.17) is 4.74 Å². The number of carbonyl (C=O) groups is 1. The lowest BCUT2D eigenvalue weighted by Gasteiger charge is -2.16. The van der Waals surface area contributed by atoms with Gasteiger partial charge in [0, 0.05) is 25.5 Å². The van der Waals surface area contributed by atoms with Crippen molar-refractivity contribution in [2.75, 3.05) is 25.5 Å². The maximum absolute atomic E-state index is 12.4. The van der Waals surface area contributed by atoms with Crippen LogP contribution < -0.4 is 10.1 Å². The van der Waals surface area contributed by atoms with Gasteiger partial charge < -0.3 is 15.0 Å². The van der Waals surface area contributed by atoms with Gasteiger partial charge in [0.2, 0.25) is 5.95 Å². The second-order valence-electron chi connectivity index (χ2n) is 5.43. The molecule has 1 heterocycles. The number of amides is 1. The smallest absolute Gasteiger partial charge is 0.272 e. The zero-order valence-electron chi connectivity index (χ0n) is 14.5. The molecule has 6 nitrogen and oxygen atoms in total. The Labute approximate surface area is 142 Å². The van der Waals surface area contributed by atoms with E-state index in [1.54, 1.807) is 24.2 Å². The summed E-state index contributed by atoms with van der Waals surface area (Å²) in [5.41, 5.74) is 1.22. The number of hydrogen-bond acceptors (Lipinski definition) is 5. The number of ether oxygens (including phenoxy) is 1. The third kappa shape index (κ3) is 4.94. The molecule has 0 bridgehead atoms. The van der Waals surface area contributed by atoms with Gasteiger partial charge >= 0.3 is 0 Å². The molecule has 128 valence electrons. The molecule has 0 saturated carbocycles. The summed E-state index contributed by atoms with van der Waals surface area (Å²) in [5, 5.41) is 3.10. The number of hydrogen-bond donors (Lipinski definition) is 1. The van der Waals surface area contributed by atoms with Gasteiger partial charge in [-0.1, -0.05) is 13.3 Å². The standard InChI is InChI=1S/C18H24N4O2/c1-4-6-13-22(3)17(23)16-11-12-19-18(21-16)20-14-7-9-15(10-8-14)24-5-2/h7-12H,4-6,13H2,1-3H3,(H,19,20,21). The summed E-state index contributed by atoms with van der Waals surface area (Å²) >= 11 is 0. The Bertz CT molecular complexity index is 658. The largest absolute Gasteiger partial charge is 0.494 e. The number of anilines is 2. The molecule has 0 spiro atoms. The minimum absolute atomic E-state index is 0.0967. The molecule has 1 aromatic heterocycles. The third-order valence-corrected chi connectivity index (χ3v) is 3.49. The first kappa shape index (κ1) is 17.7. The summed E-state index contributed by atoms with van der Waals surface area (Å²) in [4.78, 5) is 22.5. The average Bonchev–Trinajstić information content (AvgIpc) is 2.61. The summed E-state index contributed by atoms with van der Waals surface area (Å²) in [5.74, 6) is 1.11. The third-order valence-electron chi connectivity index (χ3n) is 3.49. The molecule has 0 aliphatic carbocycles. The van der Waals surface area contributed by atoms with Crippen molar-refractivity contribution >= 4 is 17.5 Å². The van der Waals surface area contributed by atoms with Crippen molar-refractivity contribution in [2.45, 2.75) is 26.7 Å². The molecule has 0 unspecified atom stereocenters. The molecule has 6 heteroatoms. The number of nitrogens with zero attached hydrogens (tertiary/aromatic N) is 3. The lowest BCUT2D eigenvalue weighted by atomic mass is 10.3. The van der Waals surface area contributed by atoms with Crippen LogP contribution in [0.1, 0.15) is 37.2 Å². The van der Waals surface area contributed by atoms with Gasteiger partial charge in [0.1, 0.15) is 11.4 Å². The van der Waals surface area contributed by atoms with Crippen LogP contribution >= 0.6 is 0 Å². The number of unbranched alkanes of at least 4 members (excludes halogenated alkanes) is 1. The number of carbonyl (C=O) groups excluding carboxylic acids is 1. The van der Waals surface area contributed by atoms with Gasteiger partial charge in [-0.15, -0.1) is 0 Å². The van der Waals surface area contributed by atoms with Crippen molar-refractivity contribution in [3.8, 4) is 5.75 Å². The van der Waals surface area contributed by atoms with Gasteiger partial charge in [-0.05, 0) is 43.7 Å². The van der Waals surface area contributed by atoms with Crippen molar-refractivity contribution in [2.24, 2.45) is 0 Å². The van der Waals surface area contributed by atoms with E-state index in [1.807, 2.05) is 31.2 Å². The topological polar surface area (TPSA) is 67.4 Å². The molecular formula is C18H24N4O2. The van der Waals surface area contributed by atoms with Crippen LogP contribution in [0.25, 0.3) is 0 Å². The molecule has 0 radical (unpaired) electrons. The minimum Gasteiger partial charge on any atom is -0.494 e. The lowest BCUT2D eigenvalue weighted by Crippen LogP contribution is -2.28. The average molecular weight is 328 g/mol. The molecule has 1 aromatic carbocycles. The number of nitrogens with one attached hydrogen (secondary N) is 1. The van der Waals surface area contributed by atoms with Gasteiger partial charge in [-0.2, -0.15) is 0 Å². The van der Waals surface area contributed by atoms with E-state index in [2.05, 4.69) is 22.2 Å². The number of benzene rings is 1. The van der Waals surface area contributed by atoms with Crippen molar-refractivity contribution in [1.82, 2.24) is 14.9 Å². The van der Waals surface area contributed by atoms with E-state index in [1.165, 1.54) is 0 Å². The molecule has 2 rings (SSSR count). The Balaban J connectivity index is 2.05. The Morgan fingerprint density at radius 3 is 2.62 bits per heavy atom. The monoisotopic (exact) mass is 328 g/mol. The Morgan fingerprint density at radius 2 is 1.96 bits per heavy atom. The van der Waals surface area contributed by atoms with Crippen molar-refractivity contribution < 1.29 is 9.53 Å². The number of rotatable bonds is 8. The van der Waals surface area contributed by atoms with E-state index >= 15 is 0 Å². The Morgan fingerprint density at radius 1 is 1.21 bits per heavy atom. The zero-order valence-corrected chi connectivity index (χ0v) is 14.5. The van der Waals surface area contributed by atoms with Gasteiger partial charge in [-0.25, -0.2) is 9.97 Å². The molecule has 1 N–H and O–H groups in total. The molecule has 0 aliphatic rings. The second kappa shape index (κ2) is 8.86. The van der Waals surface area contributed by atoms with E-state index in [0.717, 1.165) is 30.8 Å². The highest BCUT2D eigenvalue weighted by Crippen LogP contribution is 2.18. The second-order valence-corrected chi connectivity index (χ2v) is 5.43. The highest BCUT2D eigenvalue weighted by atomic mass is 16.5. The molecule has 24 heavy (non-hydrogen) atoms. The van der Waals surface area contributed by atoms with Crippen LogP contribution in [0.3, 0.4) is 0 Å². The van der Waals surface area contributed by atoms with Gasteiger partial charge in [0.15, 0.2) is 0 Å². The fraction of sp³-hybridized carbons (Fsp3) is 0.389. The van der Waals surface area contributed by atoms with Crippen LogP contribution in [-0.2, 0) is 0 Å². The fourth-order valence-electron chi connectivity index (χ4n) is 2.16. The van der Waals surface area contributed by atoms with Crippen molar-refractivity contribution in [3.05, 3.63) is 42.2 Å². The molecule has 2 aromatic rings. The first-order valence-corrected chi connectivity index (χ1v) is 8.22. The quantitative estimate of drug-likeness (QED) is 0.803. The predicted molar refractivity (Wildman–Crippen MR) is 94.8 cm³/mol. The maximum atomic E-state index is 12.4. The van der Waals surface area contributed by atoms with Crippen molar-refractivity contribution in [1.29, 1.82) is 0 Å². The maximum Gasteiger partial charge on any atom is 0.272 e. The van der Waals surface area contributed by atoms with Crippen LogP contribution in [0.5, 0.6) is 5.75 Å². The summed E-state index contributed by atoms with van der Waals surface area (Å²) in [6, 6.07) is 9.15. The SMILES string of the molecule is CCCCN(C)C(=O)c1ccnc(Nc2ccc(OCC)cc2)n1. The Hall–Kier alpha value is -2.63. The highest BCUT2D eigenvalue weighted by molar-refractivity contribution is 5.92. The first-order chi connectivity index (χ1) is 11.6. The summed E-state index contributed by atoms with van der Waals surface area (Å²) < 4.78 is 5.41. The predicted octanol–water partition coefficient (Wildman–Crippen LogP) is 3.49. The zero-order chi connectivity index (χ0) is 17.4. The summed E-state index contributed by atoms with van der Waals surface area (Å²) in [6.07, 6.45) is 3.61. The lowest BCUT2D eigenvalue weighted by molar-refractivity contribution is 0.0787. The molecule has 0 atom stereocenters. The van der Waals surface area contributed by atoms with Crippen molar-refractivity contribution in [3.63, 3.8) is 0 Å². The van der Waals surface area contributed by atoms with Crippen LogP contribution in [0.15, 0.2) is 36.5 Å². The molecule has 0 aliphatic heterocycles. The van der Waals surface area contributed by atoms with Gasteiger partial charge in [0.05, 0.1) is 6.61 Å². The van der Waals surface area contributed by atoms with E-state index in [9.17, 15) is 4.79 Å². The molecule has 0 saturated heterocycles. The summed E-state index contributed by atoms with van der Waals surface area (Å²) in [7, 11) is 1.79. The highest BCUT2D eigenvalue weighted by Gasteiger charge is 2.13. The van der Waals surface area contributed by atoms with Crippen LogP contribution in [0.2, 0.25) is 0 Å². The fourth-order valence-corrected chi connectivity index (χ4v) is 2.16. The molecule has 1 amide bonds. The molecule has 0 fully saturated rings. The van der Waals surface area contributed by atoms with E-state index in [0.29, 0.717) is 18.2 Å². The van der Waals surface area contributed by atoms with Gasteiger partial charge in [0.25, 0.3) is 5.91 Å². The normalized spacial score (nSPS) is 10.3. The van der Waals surface area contributed by atoms with Gasteiger partial charge in [-0.3, -0.25) is 4.79 Å². The van der Waals surface area contributed by atoms with Crippen LogP contribution in [0, 0.1) is 0 Å². The summed E-state index contributed by atoms with van der Waals surface area (Å²) in [6.45, 7) is 5.40. The van der Waals surface area contributed by atoms with E-state index in [-0.39, 0.29) is 5.91 Å². The van der Waals surface area contributed by atoms with Crippen LogP contribution in [-0.4, -0.2) is 41.0 Å². The first-order valence-electron chi connectivity index (χ1n) is 8.22. The van der Waals surface area contributed by atoms with Crippen LogP contribution in [0.4, 0.5) is 11.6 Å². The molecular weight excluding hydrogens is 304 g/mol. The Kier molecular flexibility index (Phi) is 6.54.